The van der Waals surface area contributed by atoms with Gasteiger partial charge in [-0.2, -0.15) is 0 Å². The number of carbonyl (C=O) groups excluding carboxylic acids is 1. The Morgan fingerprint density at radius 1 is 1.19 bits per heavy atom. The summed E-state index contributed by atoms with van der Waals surface area (Å²) in [6, 6.07) is 12.2. The van der Waals surface area contributed by atoms with Gasteiger partial charge in [-0.3, -0.25) is 19.7 Å². The second-order valence-electron chi connectivity index (χ2n) is 8.16. The van der Waals surface area contributed by atoms with E-state index in [1.54, 1.807) is 12.1 Å². The van der Waals surface area contributed by atoms with E-state index in [-0.39, 0.29) is 31.1 Å². The Bertz CT molecular complexity index is 1060. The van der Waals surface area contributed by atoms with Crippen molar-refractivity contribution in [2.75, 3.05) is 13.1 Å². The molecule has 2 aromatic rings. The number of hydrogen-bond donors (Lipinski definition) is 2. The number of carboxylic acids is 1. The molecule has 3 rings (SSSR count). The van der Waals surface area contributed by atoms with Crippen LogP contribution in [-0.4, -0.2) is 51.1 Å². The second-order valence-corrected chi connectivity index (χ2v) is 8.16. The lowest BCUT2D eigenvalue weighted by Gasteiger charge is -2.33. The zero-order valence-corrected chi connectivity index (χ0v) is 18.0. The standard InChI is InChI=1S/C24H26N2O6/c1-15(2)17-7-3-4-8-18(17)23-16(6-5-9-20(23)26(31)32)10-11-22(28)25-13-12-21(27)19(14-25)24(29)30/h3-11,15,19,21,27H,12-14H2,1-2H3,(H,29,30)/b11-10+. The van der Waals surface area contributed by atoms with Gasteiger partial charge in [-0.05, 0) is 35.1 Å². The lowest BCUT2D eigenvalue weighted by molar-refractivity contribution is -0.384. The van der Waals surface area contributed by atoms with Crippen LogP contribution in [0.2, 0.25) is 0 Å². The van der Waals surface area contributed by atoms with E-state index in [2.05, 4.69) is 0 Å². The van der Waals surface area contributed by atoms with Crippen molar-refractivity contribution in [2.24, 2.45) is 5.92 Å². The first-order valence-electron chi connectivity index (χ1n) is 10.4. The minimum absolute atomic E-state index is 0.0558. The van der Waals surface area contributed by atoms with E-state index in [1.165, 1.54) is 23.1 Å². The molecule has 168 valence electrons. The molecule has 1 amide bonds. The molecular weight excluding hydrogens is 412 g/mol. The number of amides is 1. The van der Waals surface area contributed by atoms with Gasteiger partial charge in [-0.1, -0.05) is 50.2 Å². The maximum absolute atomic E-state index is 12.7. The third-order valence-corrected chi connectivity index (χ3v) is 5.73. The molecule has 1 heterocycles. The van der Waals surface area contributed by atoms with Crippen LogP contribution in [0.4, 0.5) is 5.69 Å². The first-order chi connectivity index (χ1) is 15.2. The van der Waals surface area contributed by atoms with Crippen molar-refractivity contribution in [3.05, 3.63) is 69.8 Å². The predicted octanol–water partition coefficient (Wildman–Crippen LogP) is 3.69. The number of nitro groups is 1. The van der Waals surface area contributed by atoms with Crippen LogP contribution in [0.25, 0.3) is 17.2 Å². The largest absolute Gasteiger partial charge is 0.481 e. The minimum atomic E-state index is -1.15. The maximum atomic E-state index is 12.7. The molecule has 0 aromatic heterocycles. The normalized spacial score (nSPS) is 18.8. The van der Waals surface area contributed by atoms with Crippen LogP contribution in [-0.2, 0) is 9.59 Å². The average molecular weight is 438 g/mol. The summed E-state index contributed by atoms with van der Waals surface area (Å²) in [6.07, 6.45) is 2.02. The third-order valence-electron chi connectivity index (χ3n) is 5.73. The van der Waals surface area contributed by atoms with Gasteiger partial charge in [0.2, 0.25) is 5.91 Å². The summed E-state index contributed by atoms with van der Waals surface area (Å²) in [5.74, 6) is -2.45. The monoisotopic (exact) mass is 438 g/mol. The molecule has 1 fully saturated rings. The van der Waals surface area contributed by atoms with Gasteiger partial charge in [0, 0.05) is 25.2 Å². The summed E-state index contributed by atoms with van der Waals surface area (Å²) in [4.78, 5) is 36.8. The van der Waals surface area contributed by atoms with E-state index in [9.17, 15) is 29.9 Å². The van der Waals surface area contributed by atoms with Gasteiger partial charge in [0.1, 0.15) is 5.92 Å². The molecule has 2 aromatic carbocycles. The van der Waals surface area contributed by atoms with Crippen LogP contribution in [0, 0.1) is 16.0 Å². The Hall–Kier alpha value is -3.52. The average Bonchev–Trinajstić information content (AvgIpc) is 2.77. The Balaban J connectivity index is 1.98. The topological polar surface area (TPSA) is 121 Å². The number of likely N-dealkylation sites (tertiary alicyclic amines) is 1. The van der Waals surface area contributed by atoms with E-state index >= 15 is 0 Å². The molecule has 1 aliphatic rings. The highest BCUT2D eigenvalue weighted by molar-refractivity contribution is 5.95. The Morgan fingerprint density at radius 2 is 1.91 bits per heavy atom. The first kappa shape index (κ1) is 23.1. The predicted molar refractivity (Wildman–Crippen MR) is 120 cm³/mol. The minimum Gasteiger partial charge on any atom is -0.481 e. The zero-order chi connectivity index (χ0) is 23.4. The Labute approximate surface area is 185 Å². The van der Waals surface area contributed by atoms with Crippen molar-refractivity contribution >= 4 is 23.6 Å². The van der Waals surface area contributed by atoms with Gasteiger partial charge in [0.15, 0.2) is 0 Å². The molecular formula is C24H26N2O6. The van der Waals surface area contributed by atoms with Crippen LogP contribution in [0.15, 0.2) is 48.5 Å². The number of nitrogens with zero attached hydrogens (tertiary/aromatic N) is 2. The molecule has 8 nitrogen and oxygen atoms in total. The van der Waals surface area contributed by atoms with Crippen molar-refractivity contribution in [1.29, 1.82) is 0 Å². The van der Waals surface area contributed by atoms with E-state index < -0.39 is 28.8 Å². The molecule has 0 radical (unpaired) electrons. The number of carbonyl (C=O) groups is 2. The summed E-state index contributed by atoms with van der Waals surface area (Å²) in [5.41, 5.74) is 2.58. The van der Waals surface area contributed by atoms with Crippen LogP contribution in [0.1, 0.15) is 37.3 Å². The summed E-state index contributed by atoms with van der Waals surface area (Å²) >= 11 is 0. The lowest BCUT2D eigenvalue weighted by atomic mass is 9.89. The van der Waals surface area contributed by atoms with Gasteiger partial charge in [-0.25, -0.2) is 0 Å². The molecule has 2 unspecified atom stereocenters. The molecule has 0 spiro atoms. The lowest BCUT2D eigenvalue weighted by Crippen LogP contribution is -2.48. The van der Waals surface area contributed by atoms with E-state index in [1.807, 2.05) is 38.1 Å². The fraction of sp³-hybridized carbons (Fsp3) is 0.333. The summed E-state index contributed by atoms with van der Waals surface area (Å²) in [6.45, 7) is 4.18. The summed E-state index contributed by atoms with van der Waals surface area (Å²) < 4.78 is 0. The van der Waals surface area contributed by atoms with Gasteiger partial charge in [0.25, 0.3) is 5.69 Å². The van der Waals surface area contributed by atoms with Crippen LogP contribution in [0.5, 0.6) is 0 Å². The number of nitro benzene ring substituents is 1. The maximum Gasteiger partial charge on any atom is 0.310 e. The second kappa shape index (κ2) is 9.74. The highest BCUT2D eigenvalue weighted by Gasteiger charge is 2.34. The summed E-state index contributed by atoms with van der Waals surface area (Å²) in [7, 11) is 0. The molecule has 0 saturated carbocycles. The number of benzene rings is 2. The fourth-order valence-corrected chi connectivity index (χ4v) is 4.02. The number of hydrogen-bond acceptors (Lipinski definition) is 5. The van der Waals surface area contributed by atoms with Crippen LogP contribution in [0.3, 0.4) is 0 Å². The number of aliphatic hydroxyl groups is 1. The van der Waals surface area contributed by atoms with Crippen molar-refractivity contribution in [3.8, 4) is 11.1 Å². The van der Waals surface area contributed by atoms with Crippen LogP contribution < -0.4 is 0 Å². The zero-order valence-electron chi connectivity index (χ0n) is 18.0. The molecule has 8 heteroatoms. The molecule has 0 bridgehead atoms. The van der Waals surface area contributed by atoms with E-state index in [4.69, 9.17) is 0 Å². The highest BCUT2D eigenvalue weighted by Crippen LogP contribution is 2.38. The first-order valence-corrected chi connectivity index (χ1v) is 10.4. The van der Waals surface area contributed by atoms with Gasteiger partial charge < -0.3 is 15.1 Å². The molecule has 0 aliphatic carbocycles. The molecule has 1 aliphatic heterocycles. The van der Waals surface area contributed by atoms with Crippen molar-refractivity contribution in [1.82, 2.24) is 4.90 Å². The quantitative estimate of drug-likeness (QED) is 0.403. The number of aliphatic hydroxyl groups excluding tert-OH is 1. The Morgan fingerprint density at radius 3 is 2.56 bits per heavy atom. The molecule has 2 N–H and O–H groups in total. The van der Waals surface area contributed by atoms with Crippen molar-refractivity contribution in [3.63, 3.8) is 0 Å². The smallest absolute Gasteiger partial charge is 0.310 e. The van der Waals surface area contributed by atoms with Crippen LogP contribution >= 0.6 is 0 Å². The number of piperidine rings is 1. The molecule has 1 saturated heterocycles. The number of aliphatic carboxylic acids is 1. The Kier molecular flexibility index (Phi) is 7.05. The van der Waals surface area contributed by atoms with Crippen molar-refractivity contribution < 1.29 is 24.7 Å². The SMILES string of the molecule is CC(C)c1ccccc1-c1c(/C=C/C(=O)N2CCC(O)C(C(=O)O)C2)cccc1[N+](=O)[O-]. The van der Waals surface area contributed by atoms with E-state index in [0.29, 0.717) is 11.1 Å². The third kappa shape index (κ3) is 4.86. The van der Waals surface area contributed by atoms with Gasteiger partial charge >= 0.3 is 5.97 Å². The number of carboxylic acid groups (broad SMARTS) is 1. The fourth-order valence-electron chi connectivity index (χ4n) is 4.02. The summed E-state index contributed by atoms with van der Waals surface area (Å²) in [5, 5.41) is 30.9. The highest BCUT2D eigenvalue weighted by atomic mass is 16.6. The molecule has 2 atom stereocenters. The number of rotatable bonds is 6. The van der Waals surface area contributed by atoms with Crippen molar-refractivity contribution in [2.45, 2.75) is 32.3 Å². The molecule has 32 heavy (non-hydrogen) atoms. The van der Waals surface area contributed by atoms with Gasteiger partial charge in [-0.15, -0.1) is 0 Å². The van der Waals surface area contributed by atoms with Gasteiger partial charge in [0.05, 0.1) is 16.6 Å². The van der Waals surface area contributed by atoms with E-state index in [0.717, 1.165) is 11.1 Å².